The van der Waals surface area contributed by atoms with Gasteiger partial charge in [0.2, 0.25) is 0 Å². The number of methoxy groups -OCH3 is 1. The smallest absolute Gasteiger partial charge is 0.407 e. The fourth-order valence-electron chi connectivity index (χ4n) is 4.97. The highest BCUT2D eigenvalue weighted by Crippen LogP contribution is 2.58. The number of ether oxygens (including phenoxy) is 2. The lowest BCUT2D eigenvalue weighted by Gasteiger charge is -2.60. The molecule has 110 valence electrons. The molecule has 0 aliphatic heterocycles. The van der Waals surface area contributed by atoms with Gasteiger partial charge in [0.25, 0.3) is 0 Å². The fourth-order valence-corrected chi connectivity index (χ4v) is 4.97. The van der Waals surface area contributed by atoms with E-state index in [1.54, 1.807) is 0 Å². The van der Waals surface area contributed by atoms with Crippen molar-refractivity contribution in [2.75, 3.05) is 7.11 Å². The predicted octanol–water partition coefficient (Wildman–Crippen LogP) is 2.16. The second-order valence-corrected chi connectivity index (χ2v) is 6.67. The van der Waals surface area contributed by atoms with Crippen LogP contribution in [0.4, 0.5) is 4.79 Å². The molecule has 0 radical (unpaired) electrons. The van der Waals surface area contributed by atoms with E-state index < -0.39 is 11.7 Å². The molecule has 20 heavy (non-hydrogen) atoms. The Morgan fingerprint density at radius 1 is 1.25 bits per heavy atom. The molecule has 0 saturated heterocycles. The summed E-state index contributed by atoms with van der Waals surface area (Å²) in [5, 5.41) is 3.01. The largest absolute Gasteiger partial charge is 0.456 e. The van der Waals surface area contributed by atoms with Gasteiger partial charge in [-0.15, -0.1) is 0 Å². The quantitative estimate of drug-likeness (QED) is 0.635. The Hall–Kier alpha value is -1.52. The average Bonchev–Trinajstić information content (AvgIpc) is 2.35. The van der Waals surface area contributed by atoms with Crippen LogP contribution in [0.5, 0.6) is 0 Å². The highest BCUT2D eigenvalue weighted by atomic mass is 16.6. The molecule has 5 heteroatoms. The van der Waals surface area contributed by atoms with E-state index >= 15 is 0 Å². The van der Waals surface area contributed by atoms with Crippen LogP contribution in [-0.4, -0.2) is 30.3 Å². The van der Waals surface area contributed by atoms with Crippen LogP contribution in [0.1, 0.15) is 38.5 Å². The molecule has 4 rings (SSSR count). The average molecular weight is 279 g/mol. The summed E-state index contributed by atoms with van der Waals surface area (Å²) in [5.74, 6) is 0.678. The van der Waals surface area contributed by atoms with Crippen LogP contribution in [-0.2, 0) is 14.3 Å². The molecule has 4 bridgehead atoms. The van der Waals surface area contributed by atoms with Gasteiger partial charge < -0.3 is 14.8 Å². The fraction of sp³-hybridized carbons (Fsp3) is 0.733. The molecule has 1 amide bonds. The van der Waals surface area contributed by atoms with Gasteiger partial charge in [-0.05, 0) is 43.9 Å². The van der Waals surface area contributed by atoms with Crippen molar-refractivity contribution < 1.29 is 19.1 Å². The van der Waals surface area contributed by atoms with E-state index in [1.165, 1.54) is 19.6 Å². The number of alkyl carbamates (subject to hydrolysis) is 1. The molecule has 0 spiro atoms. The summed E-state index contributed by atoms with van der Waals surface area (Å²) in [6.45, 7) is 3.47. The van der Waals surface area contributed by atoms with Crippen molar-refractivity contribution in [3.8, 4) is 0 Å². The van der Waals surface area contributed by atoms with Gasteiger partial charge in [0, 0.05) is 18.0 Å². The zero-order valence-electron chi connectivity index (χ0n) is 11.8. The van der Waals surface area contributed by atoms with E-state index in [-0.39, 0.29) is 11.5 Å². The van der Waals surface area contributed by atoms with Gasteiger partial charge in [0.05, 0.1) is 7.11 Å². The van der Waals surface area contributed by atoms with Gasteiger partial charge in [-0.25, -0.2) is 9.59 Å². The number of carbonyl (C=O) groups is 2. The Labute approximate surface area is 118 Å². The maximum absolute atomic E-state index is 11.6. The second-order valence-electron chi connectivity index (χ2n) is 6.67. The maximum atomic E-state index is 11.6. The molecule has 5 nitrogen and oxygen atoms in total. The summed E-state index contributed by atoms with van der Waals surface area (Å²) in [5.41, 5.74) is -0.686. The van der Waals surface area contributed by atoms with Gasteiger partial charge in [-0.3, -0.25) is 0 Å². The first-order valence-electron chi connectivity index (χ1n) is 7.20. The molecule has 1 N–H and O–H groups in total. The molecule has 4 aliphatic carbocycles. The van der Waals surface area contributed by atoms with Crippen molar-refractivity contribution in [1.82, 2.24) is 5.32 Å². The minimum Gasteiger partial charge on any atom is -0.456 e. The van der Waals surface area contributed by atoms with Crippen LogP contribution in [0.3, 0.4) is 0 Å². The number of hydrogen-bond donors (Lipinski definition) is 1. The Morgan fingerprint density at radius 2 is 1.90 bits per heavy atom. The third kappa shape index (κ3) is 2.19. The Kier molecular flexibility index (Phi) is 3.03. The van der Waals surface area contributed by atoms with Crippen molar-refractivity contribution >= 4 is 12.1 Å². The third-order valence-corrected chi connectivity index (χ3v) is 5.04. The minimum atomic E-state index is -0.420. The first-order chi connectivity index (χ1) is 9.48. The minimum absolute atomic E-state index is 0.265. The molecule has 4 aliphatic rings. The topological polar surface area (TPSA) is 64.6 Å². The van der Waals surface area contributed by atoms with Crippen LogP contribution in [0, 0.1) is 11.8 Å². The van der Waals surface area contributed by atoms with Gasteiger partial charge in [0.15, 0.2) is 0 Å². The van der Waals surface area contributed by atoms with E-state index in [4.69, 9.17) is 9.47 Å². The number of hydrogen-bond acceptors (Lipinski definition) is 4. The van der Waals surface area contributed by atoms with Crippen LogP contribution in [0.15, 0.2) is 12.7 Å². The molecule has 0 aromatic heterocycles. The Morgan fingerprint density at radius 3 is 2.45 bits per heavy atom. The Balaban J connectivity index is 1.83. The zero-order valence-corrected chi connectivity index (χ0v) is 11.8. The van der Waals surface area contributed by atoms with Crippen LogP contribution in [0.2, 0.25) is 0 Å². The summed E-state index contributed by atoms with van der Waals surface area (Å²) in [6.07, 6.45) is 6.45. The predicted molar refractivity (Wildman–Crippen MR) is 72.0 cm³/mol. The Bertz CT molecular complexity index is 445. The van der Waals surface area contributed by atoms with Gasteiger partial charge in [0.1, 0.15) is 5.60 Å². The molecule has 2 atom stereocenters. The van der Waals surface area contributed by atoms with Crippen molar-refractivity contribution in [3.05, 3.63) is 12.7 Å². The summed E-state index contributed by atoms with van der Waals surface area (Å²) >= 11 is 0. The van der Waals surface area contributed by atoms with Crippen molar-refractivity contribution in [3.63, 3.8) is 0 Å². The highest BCUT2D eigenvalue weighted by molar-refractivity contribution is 5.81. The zero-order chi connectivity index (χ0) is 14.4. The maximum Gasteiger partial charge on any atom is 0.407 e. The molecule has 4 saturated carbocycles. The molecule has 4 fully saturated rings. The lowest BCUT2D eigenvalue weighted by Crippen LogP contribution is -2.66. The molecular weight excluding hydrogens is 258 g/mol. The summed E-state index contributed by atoms with van der Waals surface area (Å²) < 4.78 is 10.4. The standard InChI is InChI=1S/C15H21NO4/c1-3-12(17)20-15-7-10-4-11(8-15)6-14(5-10,9-15)16-13(18)19-2/h3,10-11H,1,4-9H2,2H3,(H,16,18). The number of nitrogens with one attached hydrogen (secondary N) is 1. The first kappa shape index (κ1) is 13.5. The molecule has 0 aromatic carbocycles. The normalized spacial score (nSPS) is 41.0. The van der Waals surface area contributed by atoms with Gasteiger partial charge >= 0.3 is 12.1 Å². The van der Waals surface area contributed by atoms with E-state index in [0.29, 0.717) is 18.3 Å². The van der Waals surface area contributed by atoms with Crippen LogP contribution in [0.25, 0.3) is 0 Å². The number of esters is 1. The van der Waals surface area contributed by atoms with Crippen molar-refractivity contribution in [1.29, 1.82) is 0 Å². The van der Waals surface area contributed by atoms with Crippen LogP contribution >= 0.6 is 0 Å². The van der Waals surface area contributed by atoms with E-state index in [1.807, 2.05) is 0 Å². The third-order valence-electron chi connectivity index (χ3n) is 5.04. The molecule has 2 unspecified atom stereocenters. The summed E-state index contributed by atoms with van der Waals surface area (Å²) in [7, 11) is 1.38. The SMILES string of the molecule is C=CC(=O)OC12CC3CC(CC(NC(=O)OC)(C3)C1)C2. The number of carbonyl (C=O) groups excluding carboxylic acids is 2. The first-order valence-corrected chi connectivity index (χ1v) is 7.20. The number of amides is 1. The summed E-state index contributed by atoms with van der Waals surface area (Å²) in [6, 6.07) is 0. The van der Waals surface area contributed by atoms with Gasteiger partial charge in [-0.2, -0.15) is 0 Å². The van der Waals surface area contributed by atoms with E-state index in [2.05, 4.69) is 11.9 Å². The van der Waals surface area contributed by atoms with Gasteiger partial charge in [-0.1, -0.05) is 6.58 Å². The van der Waals surface area contributed by atoms with Crippen LogP contribution < -0.4 is 5.32 Å². The highest BCUT2D eigenvalue weighted by Gasteiger charge is 2.60. The van der Waals surface area contributed by atoms with E-state index in [9.17, 15) is 9.59 Å². The van der Waals surface area contributed by atoms with E-state index in [0.717, 1.165) is 25.7 Å². The number of rotatable bonds is 3. The summed E-state index contributed by atoms with van der Waals surface area (Å²) in [4.78, 5) is 23.2. The monoisotopic (exact) mass is 279 g/mol. The second kappa shape index (κ2) is 4.50. The van der Waals surface area contributed by atoms with Crippen molar-refractivity contribution in [2.45, 2.75) is 49.7 Å². The molecule has 0 aromatic rings. The lowest BCUT2D eigenvalue weighted by molar-refractivity contribution is -0.186. The molecule has 0 heterocycles. The molecular formula is C15H21NO4. The van der Waals surface area contributed by atoms with Crippen molar-refractivity contribution in [2.24, 2.45) is 11.8 Å². The lowest BCUT2D eigenvalue weighted by atomic mass is 9.51.